The summed E-state index contributed by atoms with van der Waals surface area (Å²) < 4.78 is 5.23. The summed E-state index contributed by atoms with van der Waals surface area (Å²) in [7, 11) is 0. The van der Waals surface area contributed by atoms with Crippen molar-refractivity contribution in [2.45, 2.75) is 32.6 Å². The molecule has 18 heavy (non-hydrogen) atoms. The summed E-state index contributed by atoms with van der Waals surface area (Å²) in [6.07, 6.45) is 4.84. The summed E-state index contributed by atoms with van der Waals surface area (Å²) in [6.45, 7) is 1.49. The van der Waals surface area contributed by atoms with E-state index in [1.165, 1.54) is 37.3 Å². The van der Waals surface area contributed by atoms with Gasteiger partial charge < -0.3 is 4.52 Å². The van der Waals surface area contributed by atoms with Gasteiger partial charge in [-0.15, -0.1) is 0 Å². The van der Waals surface area contributed by atoms with E-state index in [-0.39, 0.29) is 5.78 Å². The summed E-state index contributed by atoms with van der Waals surface area (Å²) in [5.41, 5.74) is 4.24. The molecule has 1 heterocycles. The van der Waals surface area contributed by atoms with Crippen LogP contribution in [0.1, 0.15) is 41.4 Å². The maximum atomic E-state index is 11.2. The molecule has 0 radical (unpaired) electrons. The first-order chi connectivity index (χ1) is 8.74. The van der Waals surface area contributed by atoms with Crippen LogP contribution < -0.4 is 0 Å². The molecule has 0 bridgehead atoms. The molecule has 0 N–H and O–H groups in total. The first kappa shape index (κ1) is 11.2. The predicted molar refractivity (Wildman–Crippen MR) is 68.6 cm³/mol. The molecule has 0 spiro atoms. The Kier molecular flexibility index (Phi) is 2.74. The molecule has 0 fully saturated rings. The first-order valence-corrected chi connectivity index (χ1v) is 6.34. The van der Waals surface area contributed by atoms with E-state index >= 15 is 0 Å². The minimum atomic E-state index is -0.0667. The third kappa shape index (κ3) is 1.96. The van der Waals surface area contributed by atoms with Crippen LogP contribution in [-0.2, 0) is 12.8 Å². The van der Waals surface area contributed by atoms with Gasteiger partial charge in [-0.3, -0.25) is 4.79 Å². The molecule has 2 aromatic rings. The van der Waals surface area contributed by atoms with E-state index in [4.69, 9.17) is 4.52 Å². The van der Waals surface area contributed by atoms with Crippen LogP contribution in [0, 0.1) is 0 Å². The van der Waals surface area contributed by atoms with E-state index in [1.54, 1.807) is 6.07 Å². The fourth-order valence-electron chi connectivity index (χ4n) is 2.46. The molecule has 1 aromatic heterocycles. The average molecular weight is 241 g/mol. The fourth-order valence-corrected chi connectivity index (χ4v) is 2.46. The van der Waals surface area contributed by atoms with Crippen molar-refractivity contribution in [3.63, 3.8) is 0 Å². The number of aryl methyl sites for hydroxylation is 2. The fraction of sp³-hybridized carbons (Fsp3) is 0.333. The number of hydrogen-bond acceptors (Lipinski definition) is 3. The number of nitrogens with zero attached hydrogens (tertiary/aromatic N) is 1. The second-order valence-electron chi connectivity index (χ2n) is 4.82. The molecule has 1 aliphatic rings. The van der Waals surface area contributed by atoms with Gasteiger partial charge >= 0.3 is 0 Å². The normalized spacial score (nSPS) is 14.3. The van der Waals surface area contributed by atoms with Crippen molar-refractivity contribution in [3.8, 4) is 11.3 Å². The van der Waals surface area contributed by atoms with Crippen LogP contribution >= 0.6 is 0 Å². The van der Waals surface area contributed by atoms with E-state index in [2.05, 4.69) is 23.4 Å². The van der Waals surface area contributed by atoms with Crippen molar-refractivity contribution < 1.29 is 9.32 Å². The Morgan fingerprint density at radius 3 is 2.67 bits per heavy atom. The lowest BCUT2D eigenvalue weighted by atomic mass is 9.90. The van der Waals surface area contributed by atoms with Crippen LogP contribution in [0.2, 0.25) is 0 Å². The summed E-state index contributed by atoms with van der Waals surface area (Å²) in [5.74, 6) is 0.608. The van der Waals surface area contributed by atoms with Gasteiger partial charge in [-0.05, 0) is 42.9 Å². The second-order valence-corrected chi connectivity index (χ2v) is 4.82. The highest BCUT2D eigenvalue weighted by atomic mass is 16.5. The molecule has 0 saturated carbocycles. The highest BCUT2D eigenvalue weighted by Gasteiger charge is 2.13. The Morgan fingerprint density at radius 1 is 1.17 bits per heavy atom. The van der Waals surface area contributed by atoms with Crippen molar-refractivity contribution in [1.29, 1.82) is 0 Å². The predicted octanol–water partition coefficient (Wildman–Crippen LogP) is 3.42. The maximum Gasteiger partial charge on any atom is 0.181 e. The molecule has 1 aromatic carbocycles. The number of carbonyl (C=O) groups excluding carboxylic acids is 1. The number of carbonyl (C=O) groups is 1. The quantitative estimate of drug-likeness (QED) is 0.756. The van der Waals surface area contributed by atoms with Crippen LogP contribution in [0.3, 0.4) is 0 Å². The molecule has 1 aliphatic carbocycles. The molecule has 3 rings (SSSR count). The molecule has 0 saturated heterocycles. The minimum absolute atomic E-state index is 0.0667. The summed E-state index contributed by atoms with van der Waals surface area (Å²) in [5, 5.41) is 3.78. The third-order valence-corrected chi connectivity index (χ3v) is 3.50. The number of benzene rings is 1. The Morgan fingerprint density at radius 2 is 1.94 bits per heavy atom. The Balaban J connectivity index is 1.98. The zero-order valence-electron chi connectivity index (χ0n) is 10.4. The first-order valence-electron chi connectivity index (χ1n) is 6.34. The maximum absolute atomic E-state index is 11.2. The van der Waals surface area contributed by atoms with Gasteiger partial charge in [-0.2, -0.15) is 0 Å². The number of ketones is 1. The SMILES string of the molecule is CC(=O)c1cc(-c2ccc3c(c2)CCCC3)on1. The van der Waals surface area contributed by atoms with Gasteiger partial charge in [0.05, 0.1) is 0 Å². The lowest BCUT2D eigenvalue weighted by molar-refractivity contribution is 0.100. The van der Waals surface area contributed by atoms with E-state index in [0.717, 1.165) is 12.0 Å². The summed E-state index contributed by atoms with van der Waals surface area (Å²) in [4.78, 5) is 11.2. The molecule has 0 unspecified atom stereocenters. The number of Topliss-reactive ketones (excluding diaryl/α,β-unsaturated/α-hetero) is 1. The third-order valence-electron chi connectivity index (χ3n) is 3.50. The van der Waals surface area contributed by atoms with Gasteiger partial charge in [-0.1, -0.05) is 17.3 Å². The van der Waals surface area contributed by atoms with Crippen molar-refractivity contribution >= 4 is 5.78 Å². The molecule has 0 aliphatic heterocycles. The highest BCUT2D eigenvalue weighted by molar-refractivity contribution is 5.92. The van der Waals surface area contributed by atoms with Crippen LogP contribution in [0.5, 0.6) is 0 Å². The van der Waals surface area contributed by atoms with Crippen LogP contribution in [0.15, 0.2) is 28.8 Å². The Hall–Kier alpha value is -1.90. The number of rotatable bonds is 2. The van der Waals surface area contributed by atoms with E-state index < -0.39 is 0 Å². The Labute approximate surface area is 106 Å². The van der Waals surface area contributed by atoms with E-state index in [9.17, 15) is 4.79 Å². The number of aromatic nitrogens is 1. The van der Waals surface area contributed by atoms with Crippen molar-refractivity contribution in [1.82, 2.24) is 5.16 Å². The standard InChI is InChI=1S/C15H15NO2/c1-10(17)14-9-15(18-16-14)13-7-6-11-4-2-3-5-12(11)8-13/h6-9H,2-5H2,1H3. The van der Waals surface area contributed by atoms with Crippen molar-refractivity contribution in [3.05, 3.63) is 41.1 Å². The van der Waals surface area contributed by atoms with Gasteiger partial charge in [0, 0.05) is 18.6 Å². The number of hydrogen-bond donors (Lipinski definition) is 0. The van der Waals surface area contributed by atoms with Crippen LogP contribution in [0.25, 0.3) is 11.3 Å². The average Bonchev–Trinajstić information content (AvgIpc) is 2.88. The summed E-state index contributed by atoms with van der Waals surface area (Å²) in [6, 6.07) is 8.10. The zero-order chi connectivity index (χ0) is 12.5. The monoisotopic (exact) mass is 241 g/mol. The second kappa shape index (κ2) is 4.41. The lowest BCUT2D eigenvalue weighted by Crippen LogP contribution is -2.02. The highest BCUT2D eigenvalue weighted by Crippen LogP contribution is 2.27. The Bertz CT molecular complexity index is 598. The molecular weight excluding hydrogens is 226 g/mol. The number of fused-ring (bicyclic) bond motifs is 1. The topological polar surface area (TPSA) is 43.1 Å². The largest absolute Gasteiger partial charge is 0.356 e. The van der Waals surface area contributed by atoms with Gasteiger partial charge in [-0.25, -0.2) is 0 Å². The lowest BCUT2D eigenvalue weighted by Gasteiger charge is -2.15. The van der Waals surface area contributed by atoms with Crippen molar-refractivity contribution in [2.75, 3.05) is 0 Å². The van der Waals surface area contributed by atoms with Gasteiger partial charge in [0.25, 0.3) is 0 Å². The molecular formula is C15H15NO2. The van der Waals surface area contributed by atoms with Gasteiger partial charge in [0.2, 0.25) is 0 Å². The zero-order valence-corrected chi connectivity index (χ0v) is 10.4. The van der Waals surface area contributed by atoms with Crippen LogP contribution in [0.4, 0.5) is 0 Å². The van der Waals surface area contributed by atoms with Crippen LogP contribution in [-0.4, -0.2) is 10.9 Å². The molecule has 3 heteroatoms. The van der Waals surface area contributed by atoms with E-state index in [1.807, 2.05) is 0 Å². The molecule has 92 valence electrons. The minimum Gasteiger partial charge on any atom is -0.356 e. The molecule has 0 atom stereocenters. The van der Waals surface area contributed by atoms with Crippen molar-refractivity contribution in [2.24, 2.45) is 0 Å². The molecule has 3 nitrogen and oxygen atoms in total. The van der Waals surface area contributed by atoms with E-state index in [0.29, 0.717) is 11.5 Å². The summed E-state index contributed by atoms with van der Waals surface area (Å²) >= 11 is 0. The van der Waals surface area contributed by atoms with Gasteiger partial charge in [0.1, 0.15) is 5.69 Å². The smallest absolute Gasteiger partial charge is 0.181 e. The molecule has 0 amide bonds. The van der Waals surface area contributed by atoms with Gasteiger partial charge in [0.15, 0.2) is 11.5 Å².